The quantitative estimate of drug-likeness (QED) is 0.893. The van der Waals surface area contributed by atoms with Crippen molar-refractivity contribution in [2.75, 3.05) is 5.32 Å². The smallest absolute Gasteiger partial charge is 0.0926 e. The Morgan fingerprint density at radius 3 is 2.72 bits per heavy atom. The molecule has 0 aliphatic carbocycles. The SMILES string of the molecule is CCc1nc(CNc2ccc(CC#N)cc2)cs1. The van der Waals surface area contributed by atoms with E-state index in [1.54, 1.807) is 11.3 Å². The van der Waals surface area contributed by atoms with Crippen LogP contribution in [-0.4, -0.2) is 4.98 Å². The maximum atomic E-state index is 8.59. The zero-order chi connectivity index (χ0) is 12.8. The molecule has 0 spiro atoms. The van der Waals surface area contributed by atoms with Crippen molar-refractivity contribution in [2.45, 2.75) is 26.3 Å². The monoisotopic (exact) mass is 257 g/mol. The van der Waals surface area contributed by atoms with Gasteiger partial charge >= 0.3 is 0 Å². The molecular formula is C14H15N3S. The highest BCUT2D eigenvalue weighted by atomic mass is 32.1. The number of nitrogens with one attached hydrogen (secondary N) is 1. The average molecular weight is 257 g/mol. The van der Waals surface area contributed by atoms with Gasteiger partial charge in [0.1, 0.15) is 0 Å². The number of rotatable bonds is 5. The minimum Gasteiger partial charge on any atom is -0.379 e. The number of aryl methyl sites for hydroxylation is 1. The number of thiazole rings is 1. The second kappa shape index (κ2) is 6.18. The summed E-state index contributed by atoms with van der Waals surface area (Å²) in [6.07, 6.45) is 1.46. The van der Waals surface area contributed by atoms with E-state index < -0.39 is 0 Å². The fourth-order valence-electron chi connectivity index (χ4n) is 1.62. The molecule has 1 heterocycles. The Labute approximate surface area is 111 Å². The second-order valence-electron chi connectivity index (χ2n) is 3.97. The molecule has 1 N–H and O–H groups in total. The van der Waals surface area contributed by atoms with E-state index >= 15 is 0 Å². The first kappa shape index (κ1) is 12.6. The molecule has 1 aromatic carbocycles. The van der Waals surface area contributed by atoms with Crippen LogP contribution in [0.15, 0.2) is 29.6 Å². The van der Waals surface area contributed by atoms with Gasteiger partial charge in [0.15, 0.2) is 0 Å². The molecule has 2 aromatic rings. The summed E-state index contributed by atoms with van der Waals surface area (Å²) in [5.74, 6) is 0. The molecule has 0 atom stereocenters. The Morgan fingerprint density at radius 1 is 1.33 bits per heavy atom. The number of nitrogens with zero attached hydrogens (tertiary/aromatic N) is 2. The Kier molecular flexibility index (Phi) is 4.32. The lowest BCUT2D eigenvalue weighted by Crippen LogP contribution is -2.00. The van der Waals surface area contributed by atoms with E-state index in [0.29, 0.717) is 6.42 Å². The fraction of sp³-hybridized carbons (Fsp3) is 0.286. The first-order valence-electron chi connectivity index (χ1n) is 5.95. The van der Waals surface area contributed by atoms with E-state index in [0.717, 1.165) is 29.9 Å². The molecule has 2 rings (SSSR count). The zero-order valence-electron chi connectivity index (χ0n) is 10.3. The standard InChI is InChI=1S/C14H15N3S/c1-2-14-17-13(10-18-14)9-16-12-5-3-11(4-6-12)7-8-15/h3-6,10,16H,2,7,9H2,1H3. The van der Waals surface area contributed by atoms with Gasteiger partial charge in [0, 0.05) is 11.1 Å². The molecule has 4 heteroatoms. The zero-order valence-corrected chi connectivity index (χ0v) is 11.1. The number of anilines is 1. The lowest BCUT2D eigenvalue weighted by Gasteiger charge is -2.04. The summed E-state index contributed by atoms with van der Waals surface area (Å²) in [6, 6.07) is 10.1. The van der Waals surface area contributed by atoms with Crippen molar-refractivity contribution < 1.29 is 0 Å². The van der Waals surface area contributed by atoms with Gasteiger partial charge in [-0.15, -0.1) is 11.3 Å². The molecule has 0 aliphatic heterocycles. The molecule has 1 aromatic heterocycles. The van der Waals surface area contributed by atoms with Crippen LogP contribution in [0.5, 0.6) is 0 Å². The van der Waals surface area contributed by atoms with Crippen molar-refractivity contribution in [1.82, 2.24) is 4.98 Å². The number of nitriles is 1. The summed E-state index contributed by atoms with van der Waals surface area (Å²) in [4.78, 5) is 4.50. The highest BCUT2D eigenvalue weighted by molar-refractivity contribution is 7.09. The molecule has 0 unspecified atom stereocenters. The van der Waals surface area contributed by atoms with Crippen LogP contribution in [0.3, 0.4) is 0 Å². The summed E-state index contributed by atoms with van der Waals surface area (Å²) in [5.41, 5.74) is 3.19. The lowest BCUT2D eigenvalue weighted by atomic mass is 10.1. The van der Waals surface area contributed by atoms with Gasteiger partial charge in [0.2, 0.25) is 0 Å². The van der Waals surface area contributed by atoms with E-state index in [1.807, 2.05) is 24.3 Å². The molecule has 92 valence electrons. The minimum absolute atomic E-state index is 0.465. The Bertz CT molecular complexity index is 537. The number of hydrogen-bond donors (Lipinski definition) is 1. The van der Waals surface area contributed by atoms with E-state index in [2.05, 4.69) is 28.7 Å². The fourth-order valence-corrected chi connectivity index (χ4v) is 2.36. The summed E-state index contributed by atoms with van der Waals surface area (Å²) >= 11 is 1.71. The van der Waals surface area contributed by atoms with Gasteiger partial charge in [-0.2, -0.15) is 5.26 Å². The molecule has 0 saturated carbocycles. The summed E-state index contributed by atoms with van der Waals surface area (Å²) in [6.45, 7) is 2.86. The van der Waals surface area contributed by atoms with Crippen LogP contribution in [0, 0.1) is 11.3 Å². The lowest BCUT2D eigenvalue weighted by molar-refractivity contribution is 1.01. The van der Waals surface area contributed by atoms with Crippen LogP contribution in [0.1, 0.15) is 23.2 Å². The van der Waals surface area contributed by atoms with Gasteiger partial charge in [-0.05, 0) is 24.1 Å². The van der Waals surface area contributed by atoms with E-state index in [9.17, 15) is 0 Å². The number of benzene rings is 1. The maximum absolute atomic E-state index is 8.59. The number of hydrogen-bond acceptors (Lipinski definition) is 4. The van der Waals surface area contributed by atoms with Crippen LogP contribution in [0.4, 0.5) is 5.69 Å². The number of aromatic nitrogens is 1. The van der Waals surface area contributed by atoms with E-state index in [-0.39, 0.29) is 0 Å². The van der Waals surface area contributed by atoms with Gasteiger partial charge in [-0.25, -0.2) is 4.98 Å². The van der Waals surface area contributed by atoms with E-state index in [4.69, 9.17) is 5.26 Å². The van der Waals surface area contributed by atoms with Gasteiger partial charge < -0.3 is 5.32 Å². The maximum Gasteiger partial charge on any atom is 0.0926 e. The second-order valence-corrected chi connectivity index (χ2v) is 4.91. The summed E-state index contributed by atoms with van der Waals surface area (Å²) in [7, 11) is 0. The van der Waals surface area contributed by atoms with Crippen LogP contribution in [0.2, 0.25) is 0 Å². The van der Waals surface area contributed by atoms with Crippen LogP contribution in [0.25, 0.3) is 0 Å². The van der Waals surface area contributed by atoms with Crippen molar-refractivity contribution >= 4 is 17.0 Å². The largest absolute Gasteiger partial charge is 0.379 e. The third-order valence-corrected chi connectivity index (χ3v) is 3.65. The Hall–Kier alpha value is -1.86. The molecule has 0 saturated heterocycles. The molecule has 0 radical (unpaired) electrons. The van der Waals surface area contributed by atoms with Gasteiger partial charge in [0.05, 0.1) is 29.7 Å². The summed E-state index contributed by atoms with van der Waals surface area (Å²) in [5, 5.41) is 15.2. The van der Waals surface area contributed by atoms with Gasteiger partial charge in [0.25, 0.3) is 0 Å². The molecule has 18 heavy (non-hydrogen) atoms. The molecule has 0 fully saturated rings. The normalized spacial score (nSPS) is 10.0. The Morgan fingerprint density at radius 2 is 2.11 bits per heavy atom. The highest BCUT2D eigenvalue weighted by Gasteiger charge is 2.00. The van der Waals surface area contributed by atoms with Gasteiger partial charge in [-0.1, -0.05) is 19.1 Å². The summed E-state index contributed by atoms with van der Waals surface area (Å²) < 4.78 is 0. The third kappa shape index (κ3) is 3.31. The molecule has 3 nitrogen and oxygen atoms in total. The van der Waals surface area contributed by atoms with Gasteiger partial charge in [-0.3, -0.25) is 0 Å². The van der Waals surface area contributed by atoms with Crippen molar-refractivity contribution in [3.8, 4) is 6.07 Å². The molecule has 0 bridgehead atoms. The van der Waals surface area contributed by atoms with E-state index in [1.165, 1.54) is 5.01 Å². The predicted molar refractivity (Wildman–Crippen MR) is 74.6 cm³/mol. The van der Waals surface area contributed by atoms with Crippen molar-refractivity contribution in [1.29, 1.82) is 5.26 Å². The minimum atomic E-state index is 0.465. The molecular weight excluding hydrogens is 242 g/mol. The van der Waals surface area contributed by atoms with Crippen molar-refractivity contribution in [3.05, 3.63) is 45.9 Å². The van der Waals surface area contributed by atoms with Crippen LogP contribution < -0.4 is 5.32 Å². The Balaban J connectivity index is 1.91. The van der Waals surface area contributed by atoms with Crippen LogP contribution >= 0.6 is 11.3 Å². The first-order valence-corrected chi connectivity index (χ1v) is 6.83. The third-order valence-electron chi connectivity index (χ3n) is 2.61. The van der Waals surface area contributed by atoms with Crippen molar-refractivity contribution in [2.24, 2.45) is 0 Å². The molecule has 0 aliphatic rings. The first-order chi connectivity index (χ1) is 8.81. The highest BCUT2D eigenvalue weighted by Crippen LogP contribution is 2.14. The van der Waals surface area contributed by atoms with Crippen LogP contribution in [-0.2, 0) is 19.4 Å². The topological polar surface area (TPSA) is 48.7 Å². The molecule has 0 amide bonds. The average Bonchev–Trinajstić information content (AvgIpc) is 2.86. The predicted octanol–water partition coefficient (Wildman–Crippen LogP) is 3.38. The van der Waals surface area contributed by atoms with Crippen molar-refractivity contribution in [3.63, 3.8) is 0 Å².